The van der Waals surface area contributed by atoms with E-state index in [-0.39, 0.29) is 6.54 Å². The van der Waals surface area contributed by atoms with E-state index in [2.05, 4.69) is 17.4 Å². The standard InChI is InChI=1S/C26H27N5O2/c1-30(26(32)33)17-20-15-19-11-5-8-14-23(19)31(20)25-28-22-13-7-6-12-21(22)24(29-25)27-16-18-9-3-2-4-10-18/h2-5,8-11,14-15H,6-7,12-13,16-17H2,1H3,(H,32,33)(H,27,28,29). The Hall–Kier alpha value is -3.87. The first kappa shape index (κ1) is 21.0. The fourth-order valence-corrected chi connectivity index (χ4v) is 4.48. The Morgan fingerprint density at radius 1 is 1.06 bits per heavy atom. The van der Waals surface area contributed by atoms with Crippen LogP contribution in [0.2, 0.25) is 0 Å². The minimum Gasteiger partial charge on any atom is -0.465 e. The molecule has 33 heavy (non-hydrogen) atoms. The van der Waals surface area contributed by atoms with E-state index >= 15 is 0 Å². The van der Waals surface area contributed by atoms with Gasteiger partial charge in [0.25, 0.3) is 0 Å². The summed E-state index contributed by atoms with van der Waals surface area (Å²) in [5.41, 5.74) is 5.28. The van der Waals surface area contributed by atoms with Crippen molar-refractivity contribution in [2.45, 2.75) is 38.8 Å². The van der Waals surface area contributed by atoms with Gasteiger partial charge in [0.1, 0.15) is 5.82 Å². The maximum atomic E-state index is 11.5. The van der Waals surface area contributed by atoms with Gasteiger partial charge in [0, 0.05) is 30.2 Å². The van der Waals surface area contributed by atoms with E-state index in [1.165, 1.54) is 16.0 Å². The van der Waals surface area contributed by atoms with E-state index in [0.717, 1.165) is 53.8 Å². The second-order valence-electron chi connectivity index (χ2n) is 8.51. The molecule has 0 radical (unpaired) electrons. The quantitative estimate of drug-likeness (QED) is 0.439. The molecular formula is C26H27N5O2. The van der Waals surface area contributed by atoms with Gasteiger partial charge in [-0.25, -0.2) is 9.78 Å². The molecule has 0 unspecified atom stereocenters. The Labute approximate surface area is 192 Å². The number of fused-ring (bicyclic) bond motifs is 2. The summed E-state index contributed by atoms with van der Waals surface area (Å²) < 4.78 is 2.00. The molecule has 4 aromatic rings. The summed E-state index contributed by atoms with van der Waals surface area (Å²) in [6, 6.07) is 20.3. The minimum absolute atomic E-state index is 0.247. The van der Waals surface area contributed by atoms with E-state index in [1.807, 2.05) is 53.1 Å². The van der Waals surface area contributed by atoms with Gasteiger partial charge in [-0.05, 0) is 43.4 Å². The number of carbonyl (C=O) groups is 1. The van der Waals surface area contributed by atoms with Crippen LogP contribution in [0, 0.1) is 0 Å². The number of aromatic nitrogens is 3. The Bertz CT molecular complexity index is 1300. The van der Waals surface area contributed by atoms with Crippen LogP contribution in [0.5, 0.6) is 0 Å². The van der Waals surface area contributed by atoms with Crippen molar-refractivity contribution in [1.82, 2.24) is 19.4 Å². The molecule has 2 aromatic heterocycles. The summed E-state index contributed by atoms with van der Waals surface area (Å²) in [5, 5.41) is 14.0. The van der Waals surface area contributed by atoms with Gasteiger partial charge in [0.05, 0.1) is 17.8 Å². The zero-order valence-electron chi connectivity index (χ0n) is 18.7. The van der Waals surface area contributed by atoms with E-state index < -0.39 is 6.09 Å². The summed E-state index contributed by atoms with van der Waals surface area (Å²) in [4.78, 5) is 22.7. The van der Waals surface area contributed by atoms with Gasteiger partial charge in [-0.3, -0.25) is 4.57 Å². The predicted molar refractivity (Wildman–Crippen MR) is 129 cm³/mol. The van der Waals surface area contributed by atoms with Crippen molar-refractivity contribution in [2.24, 2.45) is 0 Å². The van der Waals surface area contributed by atoms with Crippen LogP contribution in [-0.2, 0) is 25.9 Å². The molecule has 0 spiro atoms. The van der Waals surface area contributed by atoms with E-state index in [9.17, 15) is 9.90 Å². The molecule has 0 saturated carbocycles. The van der Waals surface area contributed by atoms with Crippen LogP contribution in [0.4, 0.5) is 10.6 Å². The smallest absolute Gasteiger partial charge is 0.407 e. The second-order valence-corrected chi connectivity index (χ2v) is 8.51. The van der Waals surface area contributed by atoms with Gasteiger partial charge in [-0.2, -0.15) is 4.98 Å². The molecule has 1 amide bonds. The number of nitrogens with one attached hydrogen (secondary N) is 1. The molecule has 2 N–H and O–H groups in total. The number of carboxylic acid groups (broad SMARTS) is 1. The highest BCUT2D eigenvalue weighted by Gasteiger charge is 2.21. The van der Waals surface area contributed by atoms with Crippen LogP contribution in [0.3, 0.4) is 0 Å². The maximum absolute atomic E-state index is 11.5. The highest BCUT2D eigenvalue weighted by Crippen LogP contribution is 2.30. The number of para-hydroxylation sites is 1. The van der Waals surface area contributed by atoms with Crippen LogP contribution in [0.15, 0.2) is 60.7 Å². The molecule has 0 aliphatic heterocycles. The first-order valence-corrected chi connectivity index (χ1v) is 11.3. The van der Waals surface area contributed by atoms with Crippen molar-refractivity contribution in [3.63, 3.8) is 0 Å². The van der Waals surface area contributed by atoms with Crippen LogP contribution in [0.25, 0.3) is 16.9 Å². The molecule has 0 atom stereocenters. The molecule has 5 rings (SSSR count). The number of rotatable bonds is 6. The van der Waals surface area contributed by atoms with Gasteiger partial charge in [0.2, 0.25) is 5.95 Å². The lowest BCUT2D eigenvalue weighted by Crippen LogP contribution is -2.25. The van der Waals surface area contributed by atoms with Crippen LogP contribution in [-0.4, -0.2) is 37.7 Å². The number of anilines is 1. The minimum atomic E-state index is -0.969. The summed E-state index contributed by atoms with van der Waals surface area (Å²) in [7, 11) is 1.57. The summed E-state index contributed by atoms with van der Waals surface area (Å²) in [6.07, 6.45) is 3.17. The third-order valence-corrected chi connectivity index (χ3v) is 6.19. The van der Waals surface area contributed by atoms with Gasteiger partial charge in [-0.1, -0.05) is 48.5 Å². The van der Waals surface area contributed by atoms with Crippen molar-refractivity contribution >= 4 is 22.8 Å². The van der Waals surface area contributed by atoms with Crippen molar-refractivity contribution in [3.8, 4) is 5.95 Å². The average Bonchev–Trinajstić information content (AvgIpc) is 3.20. The molecule has 168 valence electrons. The number of hydrogen-bond acceptors (Lipinski definition) is 4. The van der Waals surface area contributed by atoms with Gasteiger partial charge in [0.15, 0.2) is 0 Å². The Morgan fingerprint density at radius 2 is 1.82 bits per heavy atom. The number of nitrogens with zero attached hydrogens (tertiary/aromatic N) is 4. The topological polar surface area (TPSA) is 83.3 Å². The zero-order chi connectivity index (χ0) is 22.8. The first-order valence-electron chi connectivity index (χ1n) is 11.3. The summed E-state index contributed by atoms with van der Waals surface area (Å²) >= 11 is 0. The lowest BCUT2D eigenvalue weighted by Gasteiger charge is -2.21. The molecule has 0 fully saturated rings. The first-order chi connectivity index (χ1) is 16.1. The second kappa shape index (κ2) is 8.94. The monoisotopic (exact) mass is 441 g/mol. The number of benzene rings is 2. The predicted octanol–water partition coefficient (Wildman–Crippen LogP) is 5.02. The van der Waals surface area contributed by atoms with Crippen LogP contribution < -0.4 is 5.32 Å². The molecular weight excluding hydrogens is 414 g/mol. The molecule has 1 aliphatic carbocycles. The van der Waals surface area contributed by atoms with Crippen molar-refractivity contribution < 1.29 is 9.90 Å². The van der Waals surface area contributed by atoms with Gasteiger partial charge < -0.3 is 15.3 Å². The van der Waals surface area contributed by atoms with Gasteiger partial charge in [-0.15, -0.1) is 0 Å². The normalized spacial score (nSPS) is 13.0. The molecule has 2 heterocycles. The zero-order valence-corrected chi connectivity index (χ0v) is 18.7. The van der Waals surface area contributed by atoms with Crippen molar-refractivity contribution in [1.29, 1.82) is 0 Å². The molecule has 7 nitrogen and oxygen atoms in total. The summed E-state index contributed by atoms with van der Waals surface area (Å²) in [6.45, 7) is 0.933. The Balaban J connectivity index is 1.61. The van der Waals surface area contributed by atoms with Crippen molar-refractivity contribution in [3.05, 3.63) is 83.2 Å². The molecule has 2 aromatic carbocycles. The highest BCUT2D eigenvalue weighted by molar-refractivity contribution is 5.83. The third kappa shape index (κ3) is 4.26. The molecule has 1 aliphatic rings. The molecule has 0 saturated heterocycles. The number of aryl methyl sites for hydroxylation is 1. The molecule has 0 bridgehead atoms. The number of hydrogen-bond donors (Lipinski definition) is 2. The van der Waals surface area contributed by atoms with E-state index in [0.29, 0.717) is 12.5 Å². The lowest BCUT2D eigenvalue weighted by molar-refractivity contribution is 0.153. The SMILES string of the molecule is CN(Cc1cc2ccccc2n1-c1nc2c(c(NCc3ccccc3)n1)CCCC2)C(=O)O. The van der Waals surface area contributed by atoms with Crippen LogP contribution in [0.1, 0.15) is 35.4 Å². The van der Waals surface area contributed by atoms with Crippen LogP contribution >= 0.6 is 0 Å². The van der Waals surface area contributed by atoms with E-state index in [4.69, 9.17) is 9.97 Å². The fourth-order valence-electron chi connectivity index (χ4n) is 4.48. The van der Waals surface area contributed by atoms with Gasteiger partial charge >= 0.3 is 6.09 Å². The third-order valence-electron chi connectivity index (χ3n) is 6.19. The Morgan fingerprint density at radius 3 is 2.64 bits per heavy atom. The Kier molecular flexibility index (Phi) is 5.69. The fraction of sp³-hybridized carbons (Fsp3) is 0.269. The van der Waals surface area contributed by atoms with Crippen molar-refractivity contribution in [2.75, 3.05) is 12.4 Å². The molecule has 7 heteroatoms. The largest absolute Gasteiger partial charge is 0.465 e. The maximum Gasteiger partial charge on any atom is 0.407 e. The number of amides is 1. The summed E-state index contributed by atoms with van der Waals surface area (Å²) in [5.74, 6) is 1.45. The highest BCUT2D eigenvalue weighted by atomic mass is 16.4. The lowest BCUT2D eigenvalue weighted by atomic mass is 9.96. The van der Waals surface area contributed by atoms with E-state index in [1.54, 1.807) is 7.05 Å². The average molecular weight is 442 g/mol.